The Labute approximate surface area is 172 Å². The quantitative estimate of drug-likeness (QED) is 0.579. The highest BCUT2D eigenvalue weighted by Crippen LogP contribution is 2.29. The van der Waals surface area contributed by atoms with E-state index in [9.17, 15) is 19.2 Å². The molecule has 1 atom stereocenters. The number of thioether (sulfide) groups is 1. The van der Waals surface area contributed by atoms with Gasteiger partial charge in [0.05, 0.1) is 29.4 Å². The molecule has 0 radical (unpaired) electrons. The zero-order chi connectivity index (χ0) is 21.0. The summed E-state index contributed by atoms with van der Waals surface area (Å²) in [5.41, 5.74) is 2.15. The number of ether oxygens (including phenoxy) is 1. The minimum Gasteiger partial charge on any atom is -0.465 e. The molecule has 1 aliphatic rings. The Bertz CT molecular complexity index is 961. The molecule has 0 aromatic heterocycles. The smallest absolute Gasteiger partial charge is 0.337 e. The van der Waals surface area contributed by atoms with Crippen molar-refractivity contribution in [2.24, 2.45) is 0 Å². The first kappa shape index (κ1) is 20.6. The van der Waals surface area contributed by atoms with Gasteiger partial charge in [-0.25, -0.2) is 9.69 Å². The maximum Gasteiger partial charge on any atom is 0.337 e. The number of carbonyl (C=O) groups excluding carboxylic acids is 4. The molecule has 0 bridgehead atoms. The van der Waals surface area contributed by atoms with E-state index < -0.39 is 11.2 Å². The lowest BCUT2D eigenvalue weighted by atomic mass is 10.1. The van der Waals surface area contributed by atoms with Crippen LogP contribution >= 0.6 is 11.8 Å². The van der Waals surface area contributed by atoms with Crippen molar-refractivity contribution >= 4 is 46.8 Å². The van der Waals surface area contributed by atoms with Crippen molar-refractivity contribution in [3.63, 3.8) is 0 Å². The van der Waals surface area contributed by atoms with Crippen LogP contribution in [0.2, 0.25) is 0 Å². The fraction of sp³-hybridized carbons (Fsp3) is 0.238. The molecule has 8 heteroatoms. The average Bonchev–Trinajstić information content (AvgIpc) is 3.01. The molecular weight excluding hydrogens is 392 g/mol. The van der Waals surface area contributed by atoms with Crippen LogP contribution in [0.4, 0.5) is 11.4 Å². The zero-order valence-corrected chi connectivity index (χ0v) is 16.8. The van der Waals surface area contributed by atoms with Gasteiger partial charge < -0.3 is 10.1 Å². The van der Waals surface area contributed by atoms with Crippen molar-refractivity contribution < 1.29 is 23.9 Å². The fourth-order valence-electron chi connectivity index (χ4n) is 2.95. The number of hydrogen-bond donors (Lipinski definition) is 1. The number of methoxy groups -OCH3 is 1. The summed E-state index contributed by atoms with van der Waals surface area (Å²) in [6.07, 6.45) is 0.0581. The third kappa shape index (κ3) is 4.65. The molecule has 2 aromatic rings. The number of imide groups is 1. The second kappa shape index (κ2) is 8.91. The molecule has 29 heavy (non-hydrogen) atoms. The van der Waals surface area contributed by atoms with Crippen molar-refractivity contribution in [3.05, 3.63) is 59.7 Å². The number of aryl methyl sites for hydroxylation is 1. The monoisotopic (exact) mass is 412 g/mol. The molecular formula is C21H20N2O5S. The maximum absolute atomic E-state index is 12.6. The summed E-state index contributed by atoms with van der Waals surface area (Å²) in [6, 6.07) is 13.6. The van der Waals surface area contributed by atoms with E-state index in [1.54, 1.807) is 49.4 Å². The normalized spacial score (nSPS) is 16.1. The Morgan fingerprint density at radius 2 is 1.90 bits per heavy atom. The topological polar surface area (TPSA) is 92.8 Å². The van der Waals surface area contributed by atoms with Gasteiger partial charge in [-0.3, -0.25) is 14.4 Å². The van der Waals surface area contributed by atoms with Crippen LogP contribution in [0.5, 0.6) is 0 Å². The number of benzene rings is 2. The van der Waals surface area contributed by atoms with Gasteiger partial charge in [0.1, 0.15) is 0 Å². The standard InChI is InChI=1S/C21H20N2O5S/c1-13-8-9-14(21(27)28-2)10-16(13)22-18(24)12-29-17-11-19(25)23(20(17)26)15-6-4-3-5-7-15/h3-10,17H,11-12H2,1-2H3,(H,22,24)/t17-/m1/s1. The van der Waals surface area contributed by atoms with Crippen LogP contribution in [0.3, 0.4) is 0 Å². The summed E-state index contributed by atoms with van der Waals surface area (Å²) in [5.74, 6) is -1.40. The first-order valence-corrected chi connectivity index (χ1v) is 9.98. The maximum atomic E-state index is 12.6. The molecule has 3 amide bonds. The minimum absolute atomic E-state index is 0.00814. The summed E-state index contributed by atoms with van der Waals surface area (Å²) >= 11 is 1.13. The Hall–Kier alpha value is -3.13. The number of anilines is 2. The summed E-state index contributed by atoms with van der Waals surface area (Å²) < 4.78 is 4.69. The van der Waals surface area contributed by atoms with Gasteiger partial charge >= 0.3 is 5.97 Å². The molecule has 0 aliphatic carbocycles. The number of nitrogens with zero attached hydrogens (tertiary/aromatic N) is 1. The fourth-order valence-corrected chi connectivity index (χ4v) is 3.88. The largest absolute Gasteiger partial charge is 0.465 e. The van der Waals surface area contributed by atoms with Gasteiger partial charge in [-0.15, -0.1) is 11.8 Å². The summed E-state index contributed by atoms with van der Waals surface area (Å²) in [7, 11) is 1.29. The Balaban J connectivity index is 1.61. The first-order valence-electron chi connectivity index (χ1n) is 8.93. The van der Waals surface area contributed by atoms with E-state index in [0.717, 1.165) is 17.3 Å². The van der Waals surface area contributed by atoms with E-state index in [0.29, 0.717) is 16.9 Å². The van der Waals surface area contributed by atoms with E-state index in [4.69, 9.17) is 0 Å². The number of esters is 1. The van der Waals surface area contributed by atoms with Crippen LogP contribution < -0.4 is 10.2 Å². The number of carbonyl (C=O) groups is 4. The lowest BCUT2D eigenvalue weighted by Gasteiger charge is -2.14. The number of hydrogen-bond acceptors (Lipinski definition) is 6. The van der Waals surface area contributed by atoms with Gasteiger partial charge in [-0.1, -0.05) is 24.3 Å². The van der Waals surface area contributed by atoms with Gasteiger partial charge in [0.25, 0.3) is 0 Å². The van der Waals surface area contributed by atoms with Gasteiger partial charge in [0, 0.05) is 12.1 Å². The highest BCUT2D eigenvalue weighted by atomic mass is 32.2. The van der Waals surface area contributed by atoms with E-state index in [1.807, 2.05) is 6.07 Å². The van der Waals surface area contributed by atoms with E-state index in [-0.39, 0.29) is 29.9 Å². The lowest BCUT2D eigenvalue weighted by Crippen LogP contribution is -2.31. The first-order chi connectivity index (χ1) is 13.9. The predicted octanol–water partition coefficient (Wildman–Crippen LogP) is 2.79. The molecule has 2 aromatic carbocycles. The van der Waals surface area contributed by atoms with Gasteiger partial charge in [-0.2, -0.15) is 0 Å². The van der Waals surface area contributed by atoms with Crippen LogP contribution in [0.15, 0.2) is 48.5 Å². The molecule has 1 N–H and O–H groups in total. The Morgan fingerprint density at radius 3 is 2.59 bits per heavy atom. The molecule has 150 valence electrons. The van der Waals surface area contributed by atoms with E-state index in [1.165, 1.54) is 12.0 Å². The van der Waals surface area contributed by atoms with Crippen LogP contribution in [-0.4, -0.2) is 41.8 Å². The predicted molar refractivity (Wildman–Crippen MR) is 111 cm³/mol. The minimum atomic E-state index is -0.601. The molecule has 0 unspecified atom stereocenters. The lowest BCUT2D eigenvalue weighted by molar-refractivity contribution is -0.121. The van der Waals surface area contributed by atoms with Crippen LogP contribution in [0, 0.1) is 6.92 Å². The third-order valence-electron chi connectivity index (χ3n) is 4.47. The highest BCUT2D eigenvalue weighted by molar-refractivity contribution is 8.01. The van der Waals surface area contributed by atoms with Gasteiger partial charge in [0.2, 0.25) is 17.7 Å². The van der Waals surface area contributed by atoms with Gasteiger partial charge in [-0.05, 0) is 36.8 Å². The van der Waals surface area contributed by atoms with Crippen LogP contribution in [0.1, 0.15) is 22.3 Å². The van der Waals surface area contributed by atoms with Crippen LogP contribution in [-0.2, 0) is 19.1 Å². The van der Waals surface area contributed by atoms with E-state index >= 15 is 0 Å². The molecule has 1 heterocycles. The molecule has 1 fully saturated rings. The van der Waals surface area contributed by atoms with Crippen molar-refractivity contribution in [1.82, 2.24) is 0 Å². The Morgan fingerprint density at radius 1 is 1.17 bits per heavy atom. The molecule has 1 saturated heterocycles. The number of amides is 3. The molecule has 0 spiro atoms. The molecule has 0 saturated carbocycles. The second-order valence-corrected chi connectivity index (χ2v) is 7.67. The highest BCUT2D eigenvalue weighted by Gasteiger charge is 2.39. The molecule has 7 nitrogen and oxygen atoms in total. The SMILES string of the molecule is COC(=O)c1ccc(C)c(NC(=O)CS[C@@H]2CC(=O)N(c3ccccc3)C2=O)c1. The zero-order valence-electron chi connectivity index (χ0n) is 16.0. The number of para-hydroxylation sites is 1. The summed E-state index contributed by atoms with van der Waals surface area (Å²) in [5, 5.41) is 2.14. The van der Waals surface area contributed by atoms with Crippen molar-refractivity contribution in [3.8, 4) is 0 Å². The summed E-state index contributed by atoms with van der Waals surface area (Å²) in [4.78, 5) is 50.0. The third-order valence-corrected chi connectivity index (χ3v) is 5.67. The van der Waals surface area contributed by atoms with E-state index in [2.05, 4.69) is 10.1 Å². The van der Waals surface area contributed by atoms with Crippen molar-refractivity contribution in [2.45, 2.75) is 18.6 Å². The number of nitrogens with one attached hydrogen (secondary N) is 1. The number of rotatable bonds is 6. The van der Waals surface area contributed by atoms with Gasteiger partial charge in [0.15, 0.2) is 0 Å². The van der Waals surface area contributed by atoms with Crippen molar-refractivity contribution in [2.75, 3.05) is 23.1 Å². The molecule has 1 aliphatic heterocycles. The second-order valence-electron chi connectivity index (χ2n) is 6.48. The van der Waals surface area contributed by atoms with Crippen LogP contribution in [0.25, 0.3) is 0 Å². The van der Waals surface area contributed by atoms with Crippen molar-refractivity contribution in [1.29, 1.82) is 0 Å². The molecule has 3 rings (SSSR count). The average molecular weight is 412 g/mol. The summed E-state index contributed by atoms with van der Waals surface area (Å²) in [6.45, 7) is 1.81. The Kier molecular flexibility index (Phi) is 6.33.